The van der Waals surface area contributed by atoms with Crippen LogP contribution in [0.5, 0.6) is 0 Å². The highest BCUT2D eigenvalue weighted by Crippen LogP contribution is 2.26. The van der Waals surface area contributed by atoms with Crippen LogP contribution < -0.4 is 9.62 Å². The predicted octanol–water partition coefficient (Wildman–Crippen LogP) is 5.17. The molecule has 2 amide bonds. The molecular formula is C29H33ClFN3O4S. The second-order valence-electron chi connectivity index (χ2n) is 9.76. The highest BCUT2D eigenvalue weighted by Gasteiger charge is 2.32. The minimum absolute atomic E-state index is 0.0158. The highest BCUT2D eigenvalue weighted by atomic mass is 35.5. The van der Waals surface area contributed by atoms with Crippen LogP contribution in [0.25, 0.3) is 0 Å². The lowest BCUT2D eigenvalue weighted by molar-refractivity contribution is -0.139. The van der Waals surface area contributed by atoms with Crippen molar-refractivity contribution in [1.82, 2.24) is 10.2 Å². The van der Waals surface area contributed by atoms with Gasteiger partial charge in [0.15, 0.2) is 0 Å². The quantitative estimate of drug-likeness (QED) is 0.343. The van der Waals surface area contributed by atoms with Crippen LogP contribution >= 0.6 is 11.6 Å². The molecule has 0 radical (unpaired) electrons. The van der Waals surface area contributed by atoms with Gasteiger partial charge in [-0.15, -0.1) is 0 Å². The van der Waals surface area contributed by atoms with E-state index in [4.69, 9.17) is 11.6 Å². The van der Waals surface area contributed by atoms with Crippen molar-refractivity contribution in [3.63, 3.8) is 0 Å². The summed E-state index contributed by atoms with van der Waals surface area (Å²) in [5, 5.41) is 3.20. The number of benzene rings is 3. The molecule has 0 bridgehead atoms. The van der Waals surface area contributed by atoms with Gasteiger partial charge in [0.05, 0.1) is 10.6 Å². The third-order valence-corrected chi connectivity index (χ3v) is 8.16. The van der Waals surface area contributed by atoms with Crippen LogP contribution in [0.4, 0.5) is 10.1 Å². The van der Waals surface area contributed by atoms with Crippen LogP contribution in [-0.4, -0.2) is 44.3 Å². The van der Waals surface area contributed by atoms with Gasteiger partial charge in [0.25, 0.3) is 10.0 Å². The number of amides is 2. The van der Waals surface area contributed by atoms with Crippen molar-refractivity contribution in [3.05, 3.63) is 94.8 Å². The number of nitrogens with one attached hydrogen (secondary N) is 1. The van der Waals surface area contributed by atoms with Gasteiger partial charge in [-0.1, -0.05) is 55.3 Å². The maximum Gasteiger partial charge on any atom is 0.264 e. The van der Waals surface area contributed by atoms with Crippen molar-refractivity contribution in [2.45, 2.75) is 45.2 Å². The molecule has 1 N–H and O–H groups in total. The fraction of sp³-hybridized carbons (Fsp3) is 0.310. The summed E-state index contributed by atoms with van der Waals surface area (Å²) in [5.41, 5.74) is 1.81. The zero-order valence-corrected chi connectivity index (χ0v) is 24.0. The lowest BCUT2D eigenvalue weighted by Gasteiger charge is -2.32. The Morgan fingerprint density at radius 2 is 1.51 bits per heavy atom. The molecule has 3 rings (SSSR count). The third kappa shape index (κ3) is 8.03. The lowest BCUT2D eigenvalue weighted by atomic mass is 10.1. The Kier molecular flexibility index (Phi) is 10.1. The maximum atomic E-state index is 13.8. The van der Waals surface area contributed by atoms with E-state index in [1.807, 2.05) is 20.8 Å². The van der Waals surface area contributed by atoms with Gasteiger partial charge in [-0.25, -0.2) is 12.8 Å². The van der Waals surface area contributed by atoms with E-state index in [2.05, 4.69) is 5.32 Å². The molecular weight excluding hydrogens is 541 g/mol. The molecule has 0 fully saturated rings. The van der Waals surface area contributed by atoms with Gasteiger partial charge in [-0.2, -0.15) is 0 Å². The number of nitrogens with zero attached hydrogens (tertiary/aromatic N) is 2. The Labute approximate surface area is 234 Å². The summed E-state index contributed by atoms with van der Waals surface area (Å²) in [5.74, 6) is -1.20. The molecule has 208 valence electrons. The van der Waals surface area contributed by atoms with Gasteiger partial charge < -0.3 is 10.2 Å². The first kappa shape index (κ1) is 30.1. The van der Waals surface area contributed by atoms with E-state index in [9.17, 15) is 22.4 Å². The second kappa shape index (κ2) is 13.1. The van der Waals surface area contributed by atoms with Crippen molar-refractivity contribution < 1.29 is 22.4 Å². The third-order valence-electron chi connectivity index (χ3n) is 6.12. The van der Waals surface area contributed by atoms with Crippen molar-refractivity contribution >= 4 is 39.1 Å². The fourth-order valence-electron chi connectivity index (χ4n) is 3.80. The van der Waals surface area contributed by atoms with E-state index in [1.54, 1.807) is 31.2 Å². The Balaban J connectivity index is 2.00. The minimum atomic E-state index is -4.18. The van der Waals surface area contributed by atoms with Gasteiger partial charge in [0.1, 0.15) is 18.4 Å². The molecule has 10 heteroatoms. The Bertz CT molecular complexity index is 1380. The van der Waals surface area contributed by atoms with Gasteiger partial charge in [0.2, 0.25) is 11.8 Å². The van der Waals surface area contributed by atoms with Crippen LogP contribution in [0.2, 0.25) is 5.02 Å². The van der Waals surface area contributed by atoms with Crippen LogP contribution in [-0.2, 0) is 26.2 Å². The van der Waals surface area contributed by atoms with Crippen molar-refractivity contribution in [2.75, 3.05) is 17.4 Å². The van der Waals surface area contributed by atoms with E-state index in [0.29, 0.717) is 22.8 Å². The SMILES string of the molecule is Cc1ccc(N(CC(=O)N(Cc2ccc(F)cc2)[C@H](C)C(=O)NCC(C)C)S(=O)(=O)c2ccc(Cl)cc2)cc1. The van der Waals surface area contributed by atoms with Crippen LogP contribution in [0.15, 0.2) is 77.7 Å². The molecule has 0 aliphatic heterocycles. The van der Waals surface area contributed by atoms with E-state index in [1.165, 1.54) is 53.4 Å². The van der Waals surface area contributed by atoms with Gasteiger partial charge in [-0.3, -0.25) is 13.9 Å². The summed E-state index contributed by atoms with van der Waals surface area (Å²) in [6.45, 7) is 7.20. The zero-order valence-electron chi connectivity index (χ0n) is 22.4. The number of hydrogen-bond acceptors (Lipinski definition) is 4. The summed E-state index contributed by atoms with van der Waals surface area (Å²) >= 11 is 5.97. The smallest absolute Gasteiger partial charge is 0.264 e. The number of anilines is 1. The number of halogens is 2. The number of aryl methyl sites for hydroxylation is 1. The molecule has 3 aromatic carbocycles. The summed E-state index contributed by atoms with van der Waals surface area (Å²) in [4.78, 5) is 28.1. The minimum Gasteiger partial charge on any atom is -0.354 e. The molecule has 0 aliphatic carbocycles. The Morgan fingerprint density at radius 1 is 0.923 bits per heavy atom. The van der Waals surface area contributed by atoms with Crippen LogP contribution in [0.1, 0.15) is 31.9 Å². The first-order valence-electron chi connectivity index (χ1n) is 12.5. The second-order valence-corrected chi connectivity index (χ2v) is 12.1. The number of sulfonamides is 1. The lowest BCUT2D eigenvalue weighted by Crippen LogP contribution is -2.51. The number of carbonyl (C=O) groups is 2. The molecule has 7 nitrogen and oxygen atoms in total. The molecule has 0 saturated carbocycles. The molecule has 39 heavy (non-hydrogen) atoms. The van der Waals surface area contributed by atoms with Crippen LogP contribution in [0.3, 0.4) is 0 Å². The highest BCUT2D eigenvalue weighted by molar-refractivity contribution is 7.92. The monoisotopic (exact) mass is 573 g/mol. The molecule has 1 atom stereocenters. The summed E-state index contributed by atoms with van der Waals surface area (Å²) in [6, 6.07) is 17.1. The summed E-state index contributed by atoms with van der Waals surface area (Å²) in [7, 11) is -4.18. The topological polar surface area (TPSA) is 86.8 Å². The molecule has 0 saturated heterocycles. The zero-order chi connectivity index (χ0) is 28.7. The summed E-state index contributed by atoms with van der Waals surface area (Å²) in [6.07, 6.45) is 0. The largest absolute Gasteiger partial charge is 0.354 e. The van der Waals surface area contributed by atoms with Crippen molar-refractivity contribution in [1.29, 1.82) is 0 Å². The Morgan fingerprint density at radius 3 is 2.08 bits per heavy atom. The van der Waals surface area contributed by atoms with Crippen LogP contribution in [0, 0.1) is 18.7 Å². The molecule has 0 aromatic heterocycles. The fourth-order valence-corrected chi connectivity index (χ4v) is 5.34. The molecule has 0 spiro atoms. The predicted molar refractivity (Wildman–Crippen MR) is 151 cm³/mol. The van der Waals surface area contributed by atoms with Gasteiger partial charge in [0, 0.05) is 18.1 Å². The average Bonchev–Trinajstić information content (AvgIpc) is 2.90. The average molecular weight is 574 g/mol. The van der Waals surface area contributed by atoms with E-state index < -0.39 is 34.3 Å². The molecule has 0 aliphatic rings. The maximum absolute atomic E-state index is 13.8. The number of hydrogen-bond donors (Lipinski definition) is 1. The summed E-state index contributed by atoms with van der Waals surface area (Å²) < 4.78 is 42.1. The molecule has 3 aromatic rings. The first-order chi connectivity index (χ1) is 18.4. The normalized spacial score (nSPS) is 12.2. The van der Waals surface area contributed by atoms with Crippen molar-refractivity contribution in [3.8, 4) is 0 Å². The number of rotatable bonds is 11. The number of carbonyl (C=O) groups excluding carboxylic acids is 2. The van der Waals surface area contributed by atoms with E-state index in [-0.39, 0.29) is 23.3 Å². The molecule has 0 heterocycles. The standard InChI is InChI=1S/C29H33ClFN3O4S/c1-20(2)17-32-29(36)22(4)33(18-23-7-11-25(31)12-8-23)28(35)19-34(26-13-5-21(3)6-14-26)39(37,38)27-15-9-24(30)10-16-27/h5-16,20,22H,17-19H2,1-4H3,(H,32,36)/t22-/m1/s1. The Hall–Kier alpha value is -3.43. The van der Waals surface area contributed by atoms with Crippen molar-refractivity contribution in [2.24, 2.45) is 5.92 Å². The van der Waals surface area contributed by atoms with E-state index in [0.717, 1.165) is 9.87 Å². The first-order valence-corrected chi connectivity index (χ1v) is 14.4. The van der Waals surface area contributed by atoms with Gasteiger partial charge in [-0.05, 0) is 73.9 Å². The van der Waals surface area contributed by atoms with Gasteiger partial charge >= 0.3 is 0 Å². The molecule has 0 unspecified atom stereocenters. The van der Waals surface area contributed by atoms with E-state index >= 15 is 0 Å².